The maximum absolute atomic E-state index is 13.1. The van der Waals surface area contributed by atoms with E-state index < -0.39 is 5.91 Å². The Morgan fingerprint density at radius 2 is 1.89 bits per heavy atom. The molecule has 0 saturated heterocycles. The summed E-state index contributed by atoms with van der Waals surface area (Å²) in [5, 5.41) is 2.85. The van der Waals surface area contributed by atoms with Crippen LogP contribution >= 0.6 is 0 Å². The maximum Gasteiger partial charge on any atom is 0.261 e. The molecule has 2 aromatic heterocycles. The smallest absolute Gasteiger partial charge is 0.261 e. The summed E-state index contributed by atoms with van der Waals surface area (Å²) in [6.07, 6.45) is 6.55. The Morgan fingerprint density at radius 1 is 1.11 bits per heavy atom. The quantitative estimate of drug-likeness (QED) is 0.611. The van der Waals surface area contributed by atoms with Crippen LogP contribution in [0, 0.1) is 6.92 Å². The van der Waals surface area contributed by atoms with Gasteiger partial charge in [0.1, 0.15) is 5.56 Å². The fourth-order valence-corrected chi connectivity index (χ4v) is 3.31. The highest BCUT2D eigenvalue weighted by atomic mass is 16.2. The number of carbonyl (C=O) groups is 1. The summed E-state index contributed by atoms with van der Waals surface area (Å²) < 4.78 is 2.06. The Morgan fingerprint density at radius 3 is 2.57 bits per heavy atom. The third-order valence-corrected chi connectivity index (χ3v) is 4.70. The molecule has 2 heterocycles. The number of nitrogens with zero attached hydrogens (tertiary/aromatic N) is 2. The lowest BCUT2D eigenvalue weighted by molar-refractivity contribution is 0.102. The first-order chi connectivity index (χ1) is 13.6. The predicted molar refractivity (Wildman–Crippen MR) is 113 cm³/mol. The molecule has 0 fully saturated rings. The van der Waals surface area contributed by atoms with Crippen LogP contribution < -0.4 is 10.7 Å². The first kappa shape index (κ1) is 19.5. The van der Waals surface area contributed by atoms with E-state index in [-0.39, 0.29) is 11.0 Å². The number of benzene rings is 1. The molecule has 28 heavy (non-hydrogen) atoms. The maximum atomic E-state index is 13.1. The van der Waals surface area contributed by atoms with E-state index in [0.717, 1.165) is 37.1 Å². The topological polar surface area (TPSA) is 64.0 Å². The number of carbonyl (C=O) groups excluding carboxylic acids is 1. The highest BCUT2D eigenvalue weighted by molar-refractivity contribution is 6.08. The summed E-state index contributed by atoms with van der Waals surface area (Å²) in [6, 6.07) is 14.4. The summed E-state index contributed by atoms with van der Waals surface area (Å²) in [5.74, 6) is -0.403. The van der Waals surface area contributed by atoms with Crippen molar-refractivity contribution in [1.29, 1.82) is 0 Å². The Bertz CT molecular complexity index is 996. The molecular weight excluding hydrogens is 350 g/mol. The van der Waals surface area contributed by atoms with Crippen molar-refractivity contribution in [2.45, 2.75) is 39.7 Å². The number of nitrogens with one attached hydrogen (secondary N) is 1. The molecule has 144 valence electrons. The van der Waals surface area contributed by atoms with Crippen LogP contribution in [0.2, 0.25) is 0 Å². The monoisotopic (exact) mass is 375 g/mol. The molecule has 3 rings (SSSR count). The number of hydrogen-bond donors (Lipinski definition) is 1. The normalized spacial score (nSPS) is 10.6. The van der Waals surface area contributed by atoms with Gasteiger partial charge in [0, 0.05) is 41.9 Å². The van der Waals surface area contributed by atoms with Gasteiger partial charge in [-0.05, 0) is 37.6 Å². The number of amides is 1. The fraction of sp³-hybridized carbons (Fsp3) is 0.261. The molecule has 0 aliphatic heterocycles. The average Bonchev–Trinajstić information content (AvgIpc) is 2.70. The van der Waals surface area contributed by atoms with Gasteiger partial charge in [0.25, 0.3) is 5.91 Å². The molecule has 0 spiro atoms. The molecule has 5 heteroatoms. The zero-order valence-corrected chi connectivity index (χ0v) is 16.3. The summed E-state index contributed by atoms with van der Waals surface area (Å²) >= 11 is 0. The first-order valence-electron chi connectivity index (χ1n) is 9.63. The first-order valence-corrected chi connectivity index (χ1v) is 9.63. The highest BCUT2D eigenvalue weighted by Gasteiger charge is 2.21. The van der Waals surface area contributed by atoms with Crippen molar-refractivity contribution in [3.63, 3.8) is 0 Å². The molecule has 0 aliphatic rings. The second-order valence-electron chi connectivity index (χ2n) is 6.79. The Hall–Kier alpha value is -3.21. The number of pyridine rings is 2. The van der Waals surface area contributed by atoms with Crippen LogP contribution in [0.25, 0.3) is 11.3 Å². The SMILES string of the molecule is CCCCCn1c(C)cc(=O)c(C(=O)Nc2ccccc2)c1-c1cccnc1. The van der Waals surface area contributed by atoms with Gasteiger partial charge in [0.2, 0.25) is 0 Å². The zero-order valence-electron chi connectivity index (χ0n) is 16.3. The van der Waals surface area contributed by atoms with Gasteiger partial charge >= 0.3 is 0 Å². The van der Waals surface area contributed by atoms with E-state index in [1.807, 2.05) is 37.3 Å². The number of hydrogen-bond acceptors (Lipinski definition) is 3. The molecule has 3 aromatic rings. The minimum Gasteiger partial charge on any atom is -0.344 e. The van der Waals surface area contributed by atoms with Crippen LogP contribution in [0.5, 0.6) is 0 Å². The van der Waals surface area contributed by atoms with Gasteiger partial charge in [-0.3, -0.25) is 14.6 Å². The van der Waals surface area contributed by atoms with E-state index in [1.165, 1.54) is 0 Å². The van der Waals surface area contributed by atoms with Crippen molar-refractivity contribution >= 4 is 11.6 Å². The Kier molecular flexibility index (Phi) is 6.37. The summed E-state index contributed by atoms with van der Waals surface area (Å²) in [4.78, 5) is 30.1. The van der Waals surface area contributed by atoms with Crippen LogP contribution in [-0.2, 0) is 6.54 Å². The second kappa shape index (κ2) is 9.13. The molecule has 0 aliphatic carbocycles. The molecule has 0 unspecified atom stereocenters. The van der Waals surface area contributed by atoms with Crippen molar-refractivity contribution in [3.8, 4) is 11.3 Å². The van der Waals surface area contributed by atoms with Crippen LogP contribution in [0.1, 0.15) is 42.2 Å². The van der Waals surface area contributed by atoms with E-state index in [9.17, 15) is 9.59 Å². The van der Waals surface area contributed by atoms with Crippen LogP contribution in [0.15, 0.2) is 65.7 Å². The minimum absolute atomic E-state index is 0.152. The lowest BCUT2D eigenvalue weighted by Crippen LogP contribution is -2.26. The lowest BCUT2D eigenvalue weighted by Gasteiger charge is -2.20. The van der Waals surface area contributed by atoms with E-state index in [0.29, 0.717) is 11.4 Å². The predicted octanol–water partition coefficient (Wildman–Crippen LogP) is 4.66. The van der Waals surface area contributed by atoms with Gasteiger partial charge in [0.05, 0.1) is 5.69 Å². The van der Waals surface area contributed by atoms with Gasteiger partial charge < -0.3 is 9.88 Å². The Balaban J connectivity index is 2.13. The zero-order chi connectivity index (χ0) is 19.9. The van der Waals surface area contributed by atoms with Gasteiger partial charge in [-0.2, -0.15) is 0 Å². The molecule has 1 N–H and O–H groups in total. The minimum atomic E-state index is -0.403. The molecule has 0 saturated carbocycles. The number of anilines is 1. The van der Waals surface area contributed by atoms with Crippen LogP contribution in [-0.4, -0.2) is 15.5 Å². The molecule has 1 amide bonds. The van der Waals surface area contributed by atoms with Crippen LogP contribution in [0.4, 0.5) is 5.69 Å². The molecule has 0 bridgehead atoms. The third kappa shape index (κ3) is 4.36. The summed E-state index contributed by atoms with van der Waals surface area (Å²) in [7, 11) is 0. The van der Waals surface area contributed by atoms with Gasteiger partial charge in [-0.15, -0.1) is 0 Å². The van der Waals surface area contributed by atoms with Gasteiger partial charge in [0.15, 0.2) is 5.43 Å². The number of unbranched alkanes of at least 4 members (excludes halogenated alkanes) is 2. The lowest BCUT2D eigenvalue weighted by atomic mass is 10.0. The van der Waals surface area contributed by atoms with Crippen molar-refractivity contribution in [2.24, 2.45) is 0 Å². The number of rotatable bonds is 7. The summed E-state index contributed by atoms with van der Waals surface area (Å²) in [5.41, 5.74) is 2.76. The van der Waals surface area contributed by atoms with Crippen molar-refractivity contribution in [2.75, 3.05) is 5.32 Å². The fourth-order valence-electron chi connectivity index (χ4n) is 3.31. The molecule has 0 radical (unpaired) electrons. The second-order valence-corrected chi connectivity index (χ2v) is 6.79. The molecule has 1 aromatic carbocycles. The number of aryl methyl sites for hydroxylation is 1. The van der Waals surface area contributed by atoms with E-state index >= 15 is 0 Å². The third-order valence-electron chi connectivity index (χ3n) is 4.70. The van der Waals surface area contributed by atoms with E-state index in [4.69, 9.17) is 0 Å². The van der Waals surface area contributed by atoms with Gasteiger partial charge in [-0.25, -0.2) is 0 Å². The number of para-hydroxylation sites is 1. The number of aromatic nitrogens is 2. The largest absolute Gasteiger partial charge is 0.344 e. The average molecular weight is 375 g/mol. The van der Waals surface area contributed by atoms with Crippen molar-refractivity contribution in [1.82, 2.24) is 9.55 Å². The van der Waals surface area contributed by atoms with E-state index in [2.05, 4.69) is 21.8 Å². The summed E-state index contributed by atoms with van der Waals surface area (Å²) in [6.45, 7) is 4.81. The van der Waals surface area contributed by atoms with Crippen LogP contribution in [0.3, 0.4) is 0 Å². The van der Waals surface area contributed by atoms with Crippen molar-refractivity contribution in [3.05, 3.63) is 82.4 Å². The highest BCUT2D eigenvalue weighted by Crippen LogP contribution is 2.24. The molecular formula is C23H25N3O2. The van der Waals surface area contributed by atoms with E-state index in [1.54, 1.807) is 30.6 Å². The molecule has 0 atom stereocenters. The standard InChI is InChI=1S/C23H25N3O2/c1-3-4-8-14-26-17(2)15-20(27)21(22(26)18-10-9-13-24-16-18)23(28)25-19-11-6-5-7-12-19/h5-7,9-13,15-16H,3-4,8,14H2,1-2H3,(H,25,28). The Labute approximate surface area is 165 Å². The van der Waals surface area contributed by atoms with Gasteiger partial charge in [-0.1, -0.05) is 38.0 Å². The van der Waals surface area contributed by atoms with Crippen molar-refractivity contribution < 1.29 is 4.79 Å². The molecule has 5 nitrogen and oxygen atoms in total.